The second-order valence-corrected chi connectivity index (χ2v) is 8.25. The van der Waals surface area contributed by atoms with E-state index < -0.39 is 20.1 Å². The number of hydrogen-bond acceptors (Lipinski definition) is 2. The maximum atomic E-state index is 10.8. The molecule has 0 saturated heterocycles. The molecule has 0 aliphatic carbocycles. The topological polar surface area (TPSA) is 74.6 Å². The fourth-order valence-corrected chi connectivity index (χ4v) is 3.58. The molecule has 0 heterocycles. The number of hydrogen-bond donors (Lipinski definition) is 2. The lowest BCUT2D eigenvalue weighted by molar-refractivity contribution is 0.460. The second kappa shape index (κ2) is 2.78. The van der Waals surface area contributed by atoms with E-state index in [0.29, 0.717) is 0 Å². The molecule has 4 nitrogen and oxygen atoms in total. The summed E-state index contributed by atoms with van der Waals surface area (Å²) >= 11 is 0. The molecule has 0 saturated carbocycles. The quantitative estimate of drug-likeness (QED) is 0.634. The Kier molecular flexibility index (Phi) is 2.89. The van der Waals surface area contributed by atoms with Crippen molar-refractivity contribution in [3.05, 3.63) is 0 Å². The molecule has 0 amide bonds. The van der Waals surface area contributed by atoms with Crippen molar-refractivity contribution in [1.82, 2.24) is 0 Å². The van der Waals surface area contributed by atoms with Crippen molar-refractivity contribution < 1.29 is 18.9 Å². The average molecular weight is 186 g/mol. The Bertz CT molecular complexity index is 177. The van der Waals surface area contributed by atoms with Crippen LogP contribution in [0.15, 0.2) is 0 Å². The molecule has 0 radical (unpaired) electrons. The van der Waals surface area contributed by atoms with Crippen LogP contribution in [-0.4, -0.2) is 28.5 Å². The van der Waals surface area contributed by atoms with Crippen LogP contribution in [0.4, 0.5) is 0 Å². The molecule has 0 aliphatic heterocycles. The predicted octanol–water partition coefficient (Wildman–Crippen LogP) is 1.13. The van der Waals surface area contributed by atoms with Gasteiger partial charge in [0.15, 0.2) is 0 Å². The first-order valence-corrected chi connectivity index (χ1v) is 7.11. The fourth-order valence-electron chi connectivity index (χ4n) is 0.398. The van der Waals surface area contributed by atoms with Gasteiger partial charge in [-0.3, -0.25) is 9.13 Å². The van der Waals surface area contributed by atoms with Crippen molar-refractivity contribution in [1.29, 1.82) is 0 Å². The Balaban J connectivity index is 4.56. The van der Waals surface area contributed by atoms with Gasteiger partial charge in [0, 0.05) is 13.3 Å². The fraction of sp³-hybridized carbons (Fsp3) is 1.00. The molecule has 0 spiro atoms. The Morgan fingerprint density at radius 2 is 1.30 bits per heavy atom. The van der Waals surface area contributed by atoms with E-state index in [0.717, 1.165) is 13.3 Å². The van der Waals surface area contributed by atoms with Gasteiger partial charge in [0.1, 0.15) is 5.40 Å². The molecule has 0 aromatic rings. The van der Waals surface area contributed by atoms with Crippen molar-refractivity contribution in [3.8, 4) is 0 Å². The summed E-state index contributed by atoms with van der Waals surface area (Å²) in [6.07, 6.45) is 0. The van der Waals surface area contributed by atoms with Crippen LogP contribution in [0.2, 0.25) is 0 Å². The third kappa shape index (κ3) is 2.98. The lowest BCUT2D eigenvalue weighted by Gasteiger charge is -2.17. The minimum Gasteiger partial charge on any atom is -0.344 e. The van der Waals surface area contributed by atoms with Gasteiger partial charge in [0.05, 0.1) is 0 Å². The van der Waals surface area contributed by atoms with Crippen LogP contribution in [0, 0.1) is 0 Å². The molecule has 0 rings (SSSR count). The van der Waals surface area contributed by atoms with Crippen LogP contribution in [0.25, 0.3) is 0 Å². The van der Waals surface area contributed by atoms with Gasteiger partial charge >= 0.3 is 0 Å². The van der Waals surface area contributed by atoms with Crippen molar-refractivity contribution in [3.63, 3.8) is 0 Å². The summed E-state index contributed by atoms with van der Waals surface area (Å²) in [4.78, 5) is 17.7. The SMILES string of the molecule is CC(P(C)(=O)O)P(C)(=O)O. The predicted molar refractivity (Wildman–Crippen MR) is 41.0 cm³/mol. The molecular formula is C4H12O4P2. The molecule has 0 aliphatic rings. The Labute approximate surface area is 60.2 Å². The summed E-state index contributed by atoms with van der Waals surface area (Å²) in [6.45, 7) is 3.48. The molecule has 2 atom stereocenters. The minimum absolute atomic E-state index is 1.01. The third-order valence-electron chi connectivity index (χ3n) is 1.39. The highest BCUT2D eigenvalue weighted by Crippen LogP contribution is 2.59. The molecule has 10 heavy (non-hydrogen) atoms. The maximum Gasteiger partial charge on any atom is 0.209 e. The first-order valence-electron chi connectivity index (χ1n) is 2.75. The lowest BCUT2D eigenvalue weighted by Crippen LogP contribution is -2.01. The van der Waals surface area contributed by atoms with Gasteiger partial charge in [-0.05, 0) is 6.92 Å². The van der Waals surface area contributed by atoms with Crippen LogP contribution in [0.1, 0.15) is 6.92 Å². The van der Waals surface area contributed by atoms with Crippen molar-refractivity contribution in [2.45, 2.75) is 12.3 Å². The Hall–Kier alpha value is 0.380. The maximum absolute atomic E-state index is 10.8. The van der Waals surface area contributed by atoms with E-state index >= 15 is 0 Å². The van der Waals surface area contributed by atoms with Gasteiger partial charge in [-0.25, -0.2) is 0 Å². The average Bonchev–Trinajstić information content (AvgIpc) is 1.59. The Morgan fingerprint density at radius 3 is 1.30 bits per heavy atom. The van der Waals surface area contributed by atoms with Crippen LogP contribution < -0.4 is 0 Å². The molecular weight excluding hydrogens is 174 g/mol. The van der Waals surface area contributed by atoms with E-state index in [2.05, 4.69) is 0 Å². The highest BCUT2D eigenvalue weighted by atomic mass is 31.2. The monoisotopic (exact) mass is 186 g/mol. The first kappa shape index (κ1) is 10.4. The third-order valence-corrected chi connectivity index (χ3v) is 6.73. The van der Waals surface area contributed by atoms with Crippen LogP contribution >= 0.6 is 14.7 Å². The molecule has 0 fully saturated rings. The van der Waals surface area contributed by atoms with Gasteiger partial charge in [0.25, 0.3) is 0 Å². The van der Waals surface area contributed by atoms with E-state index in [-0.39, 0.29) is 0 Å². The largest absolute Gasteiger partial charge is 0.344 e. The summed E-state index contributed by atoms with van der Waals surface area (Å²) in [6, 6.07) is 0. The van der Waals surface area contributed by atoms with Crippen LogP contribution in [0.3, 0.4) is 0 Å². The summed E-state index contributed by atoms with van der Waals surface area (Å²) in [5, 5.41) is -1.01. The molecule has 6 heteroatoms. The smallest absolute Gasteiger partial charge is 0.209 e. The molecule has 0 bridgehead atoms. The Morgan fingerprint density at radius 1 is 1.10 bits per heavy atom. The summed E-state index contributed by atoms with van der Waals surface area (Å²) in [5.74, 6) is 0. The van der Waals surface area contributed by atoms with Gasteiger partial charge in [-0.2, -0.15) is 0 Å². The van der Waals surface area contributed by atoms with E-state index in [1.165, 1.54) is 6.92 Å². The standard InChI is InChI=1S/C4H12O4P2/c1-4(9(2,5)6)10(3,7)8/h4H,1-3H3,(H,5,6)(H,7,8). The highest BCUT2D eigenvalue weighted by molar-refractivity contribution is 7.75. The highest BCUT2D eigenvalue weighted by Gasteiger charge is 2.33. The van der Waals surface area contributed by atoms with Crippen molar-refractivity contribution in [2.24, 2.45) is 0 Å². The summed E-state index contributed by atoms with van der Waals surface area (Å²) in [7, 11) is -6.78. The van der Waals surface area contributed by atoms with Gasteiger partial charge in [0.2, 0.25) is 14.7 Å². The lowest BCUT2D eigenvalue weighted by atomic mass is 11.0. The van der Waals surface area contributed by atoms with Crippen molar-refractivity contribution >= 4 is 14.7 Å². The van der Waals surface area contributed by atoms with Gasteiger partial charge in [-0.1, -0.05) is 0 Å². The van der Waals surface area contributed by atoms with E-state index in [1.807, 2.05) is 0 Å². The summed E-state index contributed by atoms with van der Waals surface area (Å²) < 4.78 is 21.6. The number of rotatable bonds is 2. The molecule has 62 valence electrons. The first-order chi connectivity index (χ1) is 4.15. The second-order valence-electron chi connectivity index (χ2n) is 2.52. The minimum atomic E-state index is -3.39. The molecule has 0 aromatic heterocycles. The zero-order chi connectivity index (χ0) is 8.58. The van der Waals surface area contributed by atoms with E-state index in [9.17, 15) is 9.13 Å². The van der Waals surface area contributed by atoms with Crippen LogP contribution in [-0.2, 0) is 9.13 Å². The zero-order valence-corrected chi connectivity index (χ0v) is 7.97. The molecule has 0 aromatic carbocycles. The zero-order valence-electron chi connectivity index (χ0n) is 6.18. The summed E-state index contributed by atoms with van der Waals surface area (Å²) in [5.41, 5.74) is 0. The van der Waals surface area contributed by atoms with Crippen molar-refractivity contribution in [2.75, 3.05) is 13.3 Å². The van der Waals surface area contributed by atoms with Gasteiger partial charge < -0.3 is 9.79 Å². The molecule has 2 N–H and O–H groups in total. The van der Waals surface area contributed by atoms with Crippen LogP contribution in [0.5, 0.6) is 0 Å². The van der Waals surface area contributed by atoms with E-state index in [4.69, 9.17) is 9.79 Å². The normalized spacial score (nSPS) is 26.5. The van der Waals surface area contributed by atoms with Gasteiger partial charge in [-0.15, -0.1) is 0 Å². The van der Waals surface area contributed by atoms with E-state index in [1.54, 1.807) is 0 Å². The molecule has 2 unspecified atom stereocenters.